The lowest BCUT2D eigenvalue weighted by molar-refractivity contribution is -0.129. The minimum absolute atomic E-state index is 0.225. The van der Waals surface area contributed by atoms with E-state index in [-0.39, 0.29) is 5.60 Å². The van der Waals surface area contributed by atoms with E-state index < -0.39 is 0 Å². The first-order valence-corrected chi connectivity index (χ1v) is 9.43. The summed E-state index contributed by atoms with van der Waals surface area (Å²) in [5.41, 5.74) is 6.16. The zero-order valence-corrected chi connectivity index (χ0v) is 13.7. The third-order valence-electron chi connectivity index (χ3n) is 6.13. The van der Waals surface area contributed by atoms with Crippen LogP contribution in [0.15, 0.2) is 0 Å². The van der Waals surface area contributed by atoms with Crippen LogP contribution in [0.25, 0.3) is 0 Å². The van der Waals surface area contributed by atoms with E-state index in [0.717, 1.165) is 31.8 Å². The zero-order chi connectivity index (χ0) is 14.5. The van der Waals surface area contributed by atoms with Crippen molar-refractivity contribution in [1.82, 2.24) is 4.90 Å². The van der Waals surface area contributed by atoms with Gasteiger partial charge in [-0.1, -0.05) is 38.5 Å². The van der Waals surface area contributed by atoms with Gasteiger partial charge in [0.15, 0.2) is 0 Å². The molecule has 3 nitrogen and oxygen atoms in total. The second-order valence-electron chi connectivity index (χ2n) is 7.56. The maximum Gasteiger partial charge on any atom is 0.0697 e. The molecule has 2 saturated carbocycles. The van der Waals surface area contributed by atoms with E-state index in [1.807, 2.05) is 0 Å². The second-order valence-corrected chi connectivity index (χ2v) is 7.56. The topological polar surface area (TPSA) is 38.5 Å². The summed E-state index contributed by atoms with van der Waals surface area (Å²) >= 11 is 0. The summed E-state index contributed by atoms with van der Waals surface area (Å²) in [5, 5.41) is 0. The lowest BCUT2D eigenvalue weighted by Crippen LogP contribution is -2.54. The van der Waals surface area contributed by atoms with Gasteiger partial charge >= 0.3 is 0 Å². The Morgan fingerprint density at radius 1 is 0.905 bits per heavy atom. The molecular formula is C18H34N2O. The fraction of sp³-hybridized carbons (Fsp3) is 1.00. The van der Waals surface area contributed by atoms with Crippen molar-refractivity contribution in [2.45, 2.75) is 94.7 Å². The van der Waals surface area contributed by atoms with Gasteiger partial charge < -0.3 is 10.5 Å². The molecule has 2 N–H and O–H groups in total. The molecule has 2 aliphatic carbocycles. The van der Waals surface area contributed by atoms with E-state index >= 15 is 0 Å². The third kappa shape index (κ3) is 3.80. The first-order valence-electron chi connectivity index (χ1n) is 9.43. The summed E-state index contributed by atoms with van der Waals surface area (Å²) in [5.74, 6) is 0. The molecule has 122 valence electrons. The fourth-order valence-electron chi connectivity index (χ4n) is 5.05. The maximum atomic E-state index is 6.29. The molecule has 0 aromatic heterocycles. The van der Waals surface area contributed by atoms with Gasteiger partial charge in [0.25, 0.3) is 0 Å². The molecule has 0 aromatic carbocycles. The largest absolute Gasteiger partial charge is 0.375 e. The molecule has 0 bridgehead atoms. The van der Waals surface area contributed by atoms with E-state index in [4.69, 9.17) is 10.5 Å². The van der Waals surface area contributed by atoms with Gasteiger partial charge in [-0.05, 0) is 38.5 Å². The molecule has 0 aromatic rings. The van der Waals surface area contributed by atoms with Crippen molar-refractivity contribution >= 4 is 0 Å². The Balaban J connectivity index is 1.66. The molecule has 1 atom stereocenters. The van der Waals surface area contributed by atoms with Gasteiger partial charge in [-0.2, -0.15) is 0 Å². The van der Waals surface area contributed by atoms with Crippen LogP contribution in [0, 0.1) is 0 Å². The van der Waals surface area contributed by atoms with Crippen LogP contribution in [0.5, 0.6) is 0 Å². The molecule has 3 heteroatoms. The lowest BCUT2D eigenvalue weighted by Gasteiger charge is -2.49. The molecule has 1 saturated heterocycles. The van der Waals surface area contributed by atoms with Crippen molar-refractivity contribution in [3.8, 4) is 0 Å². The van der Waals surface area contributed by atoms with Gasteiger partial charge in [-0.3, -0.25) is 4.90 Å². The van der Waals surface area contributed by atoms with Crippen LogP contribution in [-0.4, -0.2) is 42.3 Å². The van der Waals surface area contributed by atoms with Crippen molar-refractivity contribution in [1.29, 1.82) is 0 Å². The fourth-order valence-corrected chi connectivity index (χ4v) is 5.05. The Kier molecular flexibility index (Phi) is 5.58. The molecule has 21 heavy (non-hydrogen) atoms. The summed E-state index contributed by atoms with van der Waals surface area (Å²) in [6.45, 7) is 2.87. The molecular weight excluding hydrogens is 260 g/mol. The minimum Gasteiger partial charge on any atom is -0.375 e. The molecule has 1 spiro atoms. The van der Waals surface area contributed by atoms with E-state index in [0.29, 0.717) is 0 Å². The van der Waals surface area contributed by atoms with Gasteiger partial charge in [0.1, 0.15) is 0 Å². The highest BCUT2D eigenvalue weighted by molar-refractivity contribution is 4.94. The highest BCUT2D eigenvalue weighted by Crippen LogP contribution is 2.40. The van der Waals surface area contributed by atoms with Crippen molar-refractivity contribution < 1.29 is 4.74 Å². The van der Waals surface area contributed by atoms with E-state index in [1.165, 1.54) is 77.0 Å². The van der Waals surface area contributed by atoms with Crippen LogP contribution in [-0.2, 0) is 4.74 Å². The lowest BCUT2D eigenvalue weighted by atomic mass is 9.77. The number of ether oxygens (including phenoxy) is 1. The predicted octanol–water partition coefficient (Wildman–Crippen LogP) is 3.46. The first kappa shape index (κ1) is 15.8. The van der Waals surface area contributed by atoms with E-state index in [1.54, 1.807) is 0 Å². The Bertz CT molecular complexity index is 303. The second kappa shape index (κ2) is 7.43. The van der Waals surface area contributed by atoms with Crippen molar-refractivity contribution in [3.05, 3.63) is 0 Å². The Hall–Kier alpha value is -0.120. The molecule has 0 amide bonds. The monoisotopic (exact) mass is 294 g/mol. The van der Waals surface area contributed by atoms with Crippen LogP contribution in [0.1, 0.15) is 77.0 Å². The first-order chi connectivity index (χ1) is 10.3. The molecule has 3 fully saturated rings. The van der Waals surface area contributed by atoms with E-state index in [2.05, 4.69) is 4.90 Å². The summed E-state index contributed by atoms with van der Waals surface area (Å²) in [6.07, 6.45) is 16.3. The molecule has 1 heterocycles. The van der Waals surface area contributed by atoms with E-state index in [9.17, 15) is 0 Å². The Morgan fingerprint density at radius 2 is 1.62 bits per heavy atom. The molecule has 1 unspecified atom stereocenters. The van der Waals surface area contributed by atoms with Gasteiger partial charge in [0, 0.05) is 31.8 Å². The molecule has 3 rings (SSSR count). The number of hydrogen-bond donors (Lipinski definition) is 1. The molecule has 3 aliphatic rings. The van der Waals surface area contributed by atoms with Gasteiger partial charge in [0.05, 0.1) is 5.60 Å². The average molecular weight is 294 g/mol. The predicted molar refractivity (Wildman–Crippen MR) is 87.4 cm³/mol. The third-order valence-corrected chi connectivity index (χ3v) is 6.13. The number of hydrogen-bond acceptors (Lipinski definition) is 3. The summed E-state index contributed by atoms with van der Waals surface area (Å²) in [4.78, 5) is 2.79. The summed E-state index contributed by atoms with van der Waals surface area (Å²) in [7, 11) is 0. The van der Waals surface area contributed by atoms with Crippen LogP contribution in [0.3, 0.4) is 0 Å². The van der Waals surface area contributed by atoms with Gasteiger partial charge in [-0.25, -0.2) is 0 Å². The van der Waals surface area contributed by atoms with Gasteiger partial charge in [-0.15, -0.1) is 0 Å². The van der Waals surface area contributed by atoms with Crippen molar-refractivity contribution in [3.63, 3.8) is 0 Å². The smallest absolute Gasteiger partial charge is 0.0697 e. The van der Waals surface area contributed by atoms with Crippen LogP contribution < -0.4 is 5.73 Å². The Labute approximate surface area is 130 Å². The Morgan fingerprint density at radius 3 is 2.33 bits per heavy atom. The average Bonchev–Trinajstić information content (AvgIpc) is 2.54. The molecule has 0 radical (unpaired) electrons. The number of nitrogens with two attached hydrogens (primary N) is 1. The highest BCUT2D eigenvalue weighted by atomic mass is 16.5. The maximum absolute atomic E-state index is 6.29. The molecule has 1 aliphatic heterocycles. The zero-order valence-electron chi connectivity index (χ0n) is 13.7. The van der Waals surface area contributed by atoms with Crippen LogP contribution >= 0.6 is 0 Å². The van der Waals surface area contributed by atoms with Crippen molar-refractivity contribution in [2.24, 2.45) is 5.73 Å². The van der Waals surface area contributed by atoms with Crippen LogP contribution in [0.2, 0.25) is 0 Å². The SMILES string of the molecule is NCCN(C1CCCCC1)C1CCOC2(CCCCC2)C1. The van der Waals surface area contributed by atoms with Crippen molar-refractivity contribution in [2.75, 3.05) is 19.7 Å². The number of rotatable bonds is 4. The van der Waals surface area contributed by atoms with Gasteiger partial charge in [0.2, 0.25) is 0 Å². The quantitative estimate of drug-likeness (QED) is 0.863. The van der Waals surface area contributed by atoms with Crippen LogP contribution in [0.4, 0.5) is 0 Å². The summed E-state index contributed by atoms with van der Waals surface area (Å²) < 4.78 is 6.29. The highest BCUT2D eigenvalue weighted by Gasteiger charge is 2.41. The number of nitrogens with zero attached hydrogens (tertiary/aromatic N) is 1. The summed E-state index contributed by atoms with van der Waals surface area (Å²) in [6, 6.07) is 1.52. The normalized spacial score (nSPS) is 30.9. The minimum atomic E-state index is 0.225. The standard InChI is InChI=1S/C18H34N2O/c19-12-13-20(16-7-3-1-4-8-16)17-9-14-21-18(15-17)10-5-2-6-11-18/h16-17H,1-15,19H2.